The second-order valence-corrected chi connectivity index (χ2v) is 4.09. The van der Waals surface area contributed by atoms with Gasteiger partial charge in [0.2, 0.25) is 0 Å². The van der Waals surface area contributed by atoms with Crippen molar-refractivity contribution in [3.05, 3.63) is 11.9 Å². The molecule has 0 atom stereocenters. The molecule has 1 heterocycles. The summed E-state index contributed by atoms with van der Waals surface area (Å²) in [5.41, 5.74) is 1.01. The van der Waals surface area contributed by atoms with Crippen molar-refractivity contribution in [1.29, 1.82) is 0 Å². The smallest absolute Gasteiger partial charge is 0.156 e. The maximum atomic E-state index is 11.5. The molecular weight excluding hydrogens is 178 g/mol. The molecule has 0 N–H and O–H groups in total. The number of rotatable bonds is 4. The third-order valence-electron chi connectivity index (χ3n) is 2.19. The van der Waals surface area contributed by atoms with E-state index in [4.69, 9.17) is 0 Å². The van der Waals surface area contributed by atoms with E-state index in [2.05, 4.69) is 24.2 Å². The number of hydrogen-bond acceptors (Lipinski definition) is 3. The molecular formula is C10H17N3O. The summed E-state index contributed by atoms with van der Waals surface area (Å²) in [6.07, 6.45) is 1.72. The van der Waals surface area contributed by atoms with Gasteiger partial charge in [0.25, 0.3) is 0 Å². The topological polar surface area (TPSA) is 47.8 Å². The highest BCUT2D eigenvalue weighted by molar-refractivity contribution is 5.80. The van der Waals surface area contributed by atoms with Crippen molar-refractivity contribution >= 4 is 5.78 Å². The highest BCUT2D eigenvalue weighted by Crippen LogP contribution is 2.12. The summed E-state index contributed by atoms with van der Waals surface area (Å²) < 4.78 is 1.69. The van der Waals surface area contributed by atoms with Gasteiger partial charge in [0, 0.05) is 5.92 Å². The molecule has 0 aliphatic carbocycles. The third kappa shape index (κ3) is 2.40. The van der Waals surface area contributed by atoms with Crippen LogP contribution in [0.25, 0.3) is 0 Å². The lowest BCUT2D eigenvalue weighted by molar-refractivity contribution is -0.122. The second-order valence-electron chi connectivity index (χ2n) is 4.09. The molecule has 0 bridgehead atoms. The molecule has 14 heavy (non-hydrogen) atoms. The van der Waals surface area contributed by atoms with Gasteiger partial charge in [0.05, 0.1) is 11.9 Å². The van der Waals surface area contributed by atoms with Crippen LogP contribution in [0, 0.1) is 5.92 Å². The SMILES string of the molecule is CC(C)C(=O)Cn1nncc1C(C)C. The lowest BCUT2D eigenvalue weighted by atomic mass is 10.1. The number of hydrogen-bond donors (Lipinski definition) is 0. The third-order valence-corrected chi connectivity index (χ3v) is 2.19. The first-order valence-corrected chi connectivity index (χ1v) is 4.93. The molecule has 0 fully saturated rings. The van der Waals surface area contributed by atoms with Crippen LogP contribution in [0.4, 0.5) is 0 Å². The maximum absolute atomic E-state index is 11.5. The predicted molar refractivity (Wildman–Crippen MR) is 54.0 cm³/mol. The maximum Gasteiger partial charge on any atom is 0.156 e. The Morgan fingerprint density at radius 3 is 2.57 bits per heavy atom. The summed E-state index contributed by atoms with van der Waals surface area (Å²) in [7, 11) is 0. The molecule has 0 amide bonds. The number of nitrogens with zero attached hydrogens (tertiary/aromatic N) is 3. The van der Waals surface area contributed by atoms with Gasteiger partial charge in [0.15, 0.2) is 5.78 Å². The Kier molecular flexibility index (Phi) is 3.38. The van der Waals surface area contributed by atoms with Gasteiger partial charge in [-0.2, -0.15) is 0 Å². The Balaban J connectivity index is 2.76. The van der Waals surface area contributed by atoms with Gasteiger partial charge in [0.1, 0.15) is 6.54 Å². The van der Waals surface area contributed by atoms with Crippen molar-refractivity contribution in [2.24, 2.45) is 5.92 Å². The van der Waals surface area contributed by atoms with Crippen molar-refractivity contribution < 1.29 is 4.79 Å². The molecule has 0 saturated carbocycles. The first-order valence-electron chi connectivity index (χ1n) is 4.93. The molecule has 4 heteroatoms. The molecule has 4 nitrogen and oxygen atoms in total. The van der Waals surface area contributed by atoms with Crippen LogP contribution >= 0.6 is 0 Å². The Bertz CT molecular complexity index is 315. The molecule has 1 aromatic heterocycles. The van der Waals surface area contributed by atoms with E-state index in [1.165, 1.54) is 0 Å². The van der Waals surface area contributed by atoms with E-state index in [-0.39, 0.29) is 11.7 Å². The number of aromatic nitrogens is 3. The molecule has 0 spiro atoms. The zero-order valence-electron chi connectivity index (χ0n) is 9.19. The van der Waals surface area contributed by atoms with E-state index in [1.807, 2.05) is 13.8 Å². The van der Waals surface area contributed by atoms with Gasteiger partial charge in [-0.15, -0.1) is 5.10 Å². The van der Waals surface area contributed by atoms with Gasteiger partial charge in [-0.05, 0) is 5.92 Å². The van der Waals surface area contributed by atoms with E-state index in [0.29, 0.717) is 12.5 Å². The summed E-state index contributed by atoms with van der Waals surface area (Å²) in [5, 5.41) is 7.72. The van der Waals surface area contributed by atoms with Crippen LogP contribution in [0.3, 0.4) is 0 Å². The quantitative estimate of drug-likeness (QED) is 0.733. The number of Topliss-reactive ketones (excluding diaryl/α,β-unsaturated/α-hetero) is 1. The lowest BCUT2D eigenvalue weighted by Gasteiger charge is -2.09. The summed E-state index contributed by atoms with van der Waals surface area (Å²) in [4.78, 5) is 11.5. The molecule has 0 radical (unpaired) electrons. The summed E-state index contributed by atoms with van der Waals surface area (Å²) in [6, 6.07) is 0. The molecule has 0 aromatic carbocycles. The summed E-state index contributed by atoms with van der Waals surface area (Å²) >= 11 is 0. The van der Waals surface area contributed by atoms with Crippen molar-refractivity contribution in [3.63, 3.8) is 0 Å². The zero-order chi connectivity index (χ0) is 10.7. The first kappa shape index (κ1) is 10.9. The summed E-state index contributed by atoms with van der Waals surface area (Å²) in [5.74, 6) is 0.599. The van der Waals surface area contributed by atoms with Crippen LogP contribution in [-0.4, -0.2) is 20.8 Å². The van der Waals surface area contributed by atoms with Crippen molar-refractivity contribution in [3.8, 4) is 0 Å². The average Bonchev–Trinajstić information content (AvgIpc) is 2.52. The van der Waals surface area contributed by atoms with Gasteiger partial charge in [-0.25, -0.2) is 4.68 Å². The first-order chi connectivity index (χ1) is 6.52. The van der Waals surface area contributed by atoms with Crippen LogP contribution in [0.1, 0.15) is 39.3 Å². The van der Waals surface area contributed by atoms with Crippen molar-refractivity contribution in [2.75, 3.05) is 0 Å². The van der Waals surface area contributed by atoms with E-state index in [9.17, 15) is 4.79 Å². The van der Waals surface area contributed by atoms with Gasteiger partial charge in [-0.1, -0.05) is 32.9 Å². The predicted octanol–water partition coefficient (Wildman–Crippen LogP) is 1.63. The fourth-order valence-corrected chi connectivity index (χ4v) is 1.17. The number of carbonyl (C=O) groups excluding carboxylic acids is 1. The Morgan fingerprint density at radius 1 is 1.43 bits per heavy atom. The molecule has 78 valence electrons. The highest BCUT2D eigenvalue weighted by Gasteiger charge is 2.13. The minimum atomic E-state index is 0.0548. The highest BCUT2D eigenvalue weighted by atomic mass is 16.1. The van der Waals surface area contributed by atoms with Crippen molar-refractivity contribution in [1.82, 2.24) is 15.0 Å². The van der Waals surface area contributed by atoms with Crippen LogP contribution in [0.2, 0.25) is 0 Å². The van der Waals surface area contributed by atoms with Gasteiger partial charge in [-0.3, -0.25) is 4.79 Å². The second kappa shape index (κ2) is 4.35. The molecule has 0 aliphatic heterocycles. The monoisotopic (exact) mass is 195 g/mol. The van der Waals surface area contributed by atoms with E-state index >= 15 is 0 Å². The molecule has 0 aliphatic rings. The summed E-state index contributed by atoms with van der Waals surface area (Å²) in [6.45, 7) is 8.26. The van der Waals surface area contributed by atoms with Gasteiger partial charge >= 0.3 is 0 Å². The number of ketones is 1. The number of carbonyl (C=O) groups is 1. The average molecular weight is 195 g/mol. The standard InChI is InChI=1S/C10H17N3O/c1-7(2)9-5-11-12-13(9)6-10(14)8(3)4/h5,7-8H,6H2,1-4H3. The molecule has 0 saturated heterocycles. The van der Waals surface area contributed by atoms with E-state index < -0.39 is 0 Å². The molecule has 0 unspecified atom stereocenters. The van der Waals surface area contributed by atoms with Gasteiger partial charge < -0.3 is 0 Å². The van der Waals surface area contributed by atoms with Crippen molar-refractivity contribution in [2.45, 2.75) is 40.2 Å². The lowest BCUT2D eigenvalue weighted by Crippen LogP contribution is -2.18. The van der Waals surface area contributed by atoms with Crippen LogP contribution in [-0.2, 0) is 11.3 Å². The minimum Gasteiger partial charge on any atom is -0.297 e. The van der Waals surface area contributed by atoms with E-state index in [0.717, 1.165) is 5.69 Å². The molecule has 1 rings (SSSR count). The van der Waals surface area contributed by atoms with Crippen LogP contribution in [0.15, 0.2) is 6.20 Å². The minimum absolute atomic E-state index is 0.0548. The normalized spacial score (nSPS) is 11.3. The van der Waals surface area contributed by atoms with E-state index in [1.54, 1.807) is 10.9 Å². The molecule has 1 aromatic rings. The van der Waals surface area contributed by atoms with Crippen LogP contribution < -0.4 is 0 Å². The fourth-order valence-electron chi connectivity index (χ4n) is 1.17. The Labute approximate surface area is 84.3 Å². The Morgan fingerprint density at radius 2 is 2.07 bits per heavy atom. The largest absolute Gasteiger partial charge is 0.297 e. The Hall–Kier alpha value is -1.19. The zero-order valence-corrected chi connectivity index (χ0v) is 9.19. The van der Waals surface area contributed by atoms with Crippen LogP contribution in [0.5, 0.6) is 0 Å². The fraction of sp³-hybridized carbons (Fsp3) is 0.700.